The normalized spacial score (nSPS) is 9.87. The summed E-state index contributed by atoms with van der Waals surface area (Å²) in [6.45, 7) is 0. The molecule has 0 aliphatic heterocycles. The van der Waals surface area contributed by atoms with Crippen LogP contribution in [-0.4, -0.2) is 180 Å². The standard InChI is InChI=1S/5C15H15NO5.2C8H11NO2/c5*1-20-11-5-9(6-12(8-11)21-2)16-15(19)13-4-3-10(17)7-14(13)18;2*1-10-7-3-6(9)4-8(5-7)11-2/h5*3-8,17-18H,1-2H3,(H,16,19);2*3-5H,9H2,1-2H3. The van der Waals surface area contributed by atoms with Gasteiger partial charge in [-0.05, 0) is 60.7 Å². The Kier molecular flexibility index (Phi) is 38.0. The van der Waals surface area contributed by atoms with Crippen molar-refractivity contribution in [1.82, 2.24) is 0 Å². The number of nitrogens with one attached hydrogen (secondary N) is 5. The number of benzene rings is 12. The first-order chi connectivity index (χ1) is 60.7. The van der Waals surface area contributed by atoms with E-state index in [2.05, 4.69) is 26.6 Å². The number of nitrogen functional groups attached to an aromatic ring is 2. The Morgan fingerprint density at radius 1 is 0.189 bits per heavy atom. The Bertz CT molecular complexity index is 4850. The van der Waals surface area contributed by atoms with E-state index in [9.17, 15) is 75.0 Å². The number of rotatable bonds is 24. The van der Waals surface area contributed by atoms with Crippen LogP contribution in [0.5, 0.6) is 138 Å². The third-order valence-corrected chi connectivity index (χ3v) is 16.9. The number of phenolic OH excluding ortho intramolecular Hbond substituents is 10. The first-order valence-electron chi connectivity index (χ1n) is 37.0. The highest BCUT2D eigenvalue weighted by atomic mass is 16.5. The van der Waals surface area contributed by atoms with Gasteiger partial charge in [-0.3, -0.25) is 24.0 Å². The highest BCUT2D eigenvalue weighted by molar-refractivity contribution is 6.09. The zero-order chi connectivity index (χ0) is 93.6. The number of hydrogen-bond donors (Lipinski definition) is 17. The van der Waals surface area contributed by atoms with Crippen molar-refractivity contribution in [3.63, 3.8) is 0 Å². The monoisotopic (exact) mass is 1750 g/mol. The molecule has 12 aromatic rings. The van der Waals surface area contributed by atoms with E-state index < -0.39 is 29.5 Å². The lowest BCUT2D eigenvalue weighted by Gasteiger charge is -2.10. The van der Waals surface area contributed by atoms with E-state index in [4.69, 9.17) is 77.8 Å². The molecule has 0 atom stereocenters. The van der Waals surface area contributed by atoms with Gasteiger partial charge in [-0.25, -0.2) is 0 Å². The van der Waals surface area contributed by atoms with Crippen LogP contribution in [0, 0.1) is 0 Å². The SMILES string of the molecule is COc1cc(N)cc(OC)c1.COc1cc(N)cc(OC)c1.COc1cc(NC(=O)c2ccc(O)cc2O)cc(OC)c1.COc1cc(NC(=O)c2ccc(O)cc2O)cc(OC)c1.COc1cc(NC(=O)c2ccc(O)cc2O)cc(OC)c1.COc1cc(NC(=O)c2ccc(O)cc2O)cc(OC)c1.COc1cc(NC(=O)c2ccc(O)cc2O)cc(OC)c1. The quantitative estimate of drug-likeness (QED) is 0.0250. The molecule has 0 spiro atoms. The van der Waals surface area contributed by atoms with Gasteiger partial charge in [0.25, 0.3) is 29.5 Å². The molecule has 5 amide bonds. The lowest BCUT2D eigenvalue weighted by atomic mass is 10.1. The summed E-state index contributed by atoms with van der Waals surface area (Å²) < 4.78 is 71.0. The van der Waals surface area contributed by atoms with Gasteiger partial charge in [0.05, 0.1) is 127 Å². The average molecular weight is 1750 g/mol. The first-order valence-corrected chi connectivity index (χ1v) is 37.0. The number of methoxy groups -OCH3 is 14. The Labute approximate surface area is 729 Å². The summed E-state index contributed by atoms with van der Waals surface area (Å²) in [5, 5.41) is 108. The maximum absolute atomic E-state index is 12.1. The molecular formula is C91H97N7O29. The Balaban J connectivity index is 0.000000231. The minimum absolute atomic E-state index is 0.0505. The number of phenols is 10. The highest BCUT2D eigenvalue weighted by Gasteiger charge is 2.20. The highest BCUT2D eigenvalue weighted by Crippen LogP contribution is 2.36. The van der Waals surface area contributed by atoms with Crippen LogP contribution in [0.15, 0.2) is 218 Å². The molecule has 12 aromatic carbocycles. The number of carbonyl (C=O) groups is 5. The van der Waals surface area contributed by atoms with Crippen LogP contribution >= 0.6 is 0 Å². The van der Waals surface area contributed by atoms with E-state index >= 15 is 0 Å². The predicted molar refractivity (Wildman–Crippen MR) is 474 cm³/mol. The van der Waals surface area contributed by atoms with E-state index in [-0.39, 0.29) is 85.3 Å². The topological polar surface area (TPSA) is 529 Å². The molecule has 12 rings (SSSR count). The maximum atomic E-state index is 12.1. The molecule has 0 saturated carbocycles. The van der Waals surface area contributed by atoms with Crippen LogP contribution in [0.25, 0.3) is 0 Å². The molecule has 0 aliphatic carbocycles. The Hall–Kier alpha value is -17.2. The number of aromatic hydroxyl groups is 10. The molecule has 0 saturated heterocycles. The van der Waals surface area contributed by atoms with E-state index in [0.717, 1.165) is 30.3 Å². The van der Waals surface area contributed by atoms with Crippen molar-refractivity contribution in [3.8, 4) is 138 Å². The minimum atomic E-state index is -0.511. The Morgan fingerprint density at radius 3 is 0.417 bits per heavy atom. The molecule has 19 N–H and O–H groups in total. The van der Waals surface area contributed by atoms with Crippen LogP contribution in [0.2, 0.25) is 0 Å². The van der Waals surface area contributed by atoms with E-state index in [0.29, 0.717) is 120 Å². The summed E-state index contributed by atoms with van der Waals surface area (Å²) in [6, 6.07) is 53.8. The zero-order valence-corrected chi connectivity index (χ0v) is 71.2. The van der Waals surface area contributed by atoms with Gasteiger partial charge < -0.3 is 155 Å². The second-order valence-corrected chi connectivity index (χ2v) is 25.6. The van der Waals surface area contributed by atoms with Crippen molar-refractivity contribution in [2.75, 3.05) is 138 Å². The van der Waals surface area contributed by atoms with Crippen molar-refractivity contribution in [2.24, 2.45) is 0 Å². The number of ether oxygens (including phenoxy) is 14. The summed E-state index contributed by atoms with van der Waals surface area (Å²) in [4.78, 5) is 60.6. The zero-order valence-electron chi connectivity index (χ0n) is 71.2. The largest absolute Gasteiger partial charge is 0.508 e. The predicted octanol–water partition coefficient (Wildman–Crippen LogP) is 14.4. The summed E-state index contributed by atoms with van der Waals surface area (Å²) in [6.07, 6.45) is 0. The number of anilines is 7. The van der Waals surface area contributed by atoms with Gasteiger partial charge in [0.1, 0.15) is 138 Å². The fourth-order valence-corrected chi connectivity index (χ4v) is 10.6. The molecule has 0 unspecified atom stereocenters. The third kappa shape index (κ3) is 31.1. The van der Waals surface area contributed by atoms with E-state index in [1.165, 1.54) is 132 Å². The second-order valence-electron chi connectivity index (χ2n) is 25.6. The summed E-state index contributed by atoms with van der Waals surface area (Å²) >= 11 is 0. The van der Waals surface area contributed by atoms with Crippen molar-refractivity contribution in [2.45, 2.75) is 0 Å². The average Bonchev–Trinajstić information content (AvgIpc) is 0.847. The molecule has 670 valence electrons. The molecule has 0 fully saturated rings. The third-order valence-electron chi connectivity index (χ3n) is 16.9. The summed E-state index contributed by atoms with van der Waals surface area (Å²) in [5.41, 5.74) is 14.9. The summed E-state index contributed by atoms with van der Waals surface area (Å²) in [5.74, 6) is 3.45. The van der Waals surface area contributed by atoms with Crippen molar-refractivity contribution in [3.05, 3.63) is 246 Å². The molecule has 0 aromatic heterocycles. The molecule has 36 nitrogen and oxygen atoms in total. The van der Waals surface area contributed by atoms with Gasteiger partial charge in [0.2, 0.25) is 0 Å². The van der Waals surface area contributed by atoms with Crippen LogP contribution in [0.3, 0.4) is 0 Å². The van der Waals surface area contributed by atoms with Gasteiger partial charge in [-0.1, -0.05) is 0 Å². The molecule has 127 heavy (non-hydrogen) atoms. The van der Waals surface area contributed by atoms with Gasteiger partial charge in [-0.15, -0.1) is 0 Å². The second kappa shape index (κ2) is 48.9. The van der Waals surface area contributed by atoms with E-state index in [1.54, 1.807) is 156 Å². The lowest BCUT2D eigenvalue weighted by Crippen LogP contribution is -2.12. The van der Waals surface area contributed by atoms with Crippen LogP contribution in [0.1, 0.15) is 51.8 Å². The number of carbonyl (C=O) groups excluding carboxylic acids is 5. The fourth-order valence-electron chi connectivity index (χ4n) is 10.6. The number of amides is 5. The Morgan fingerprint density at radius 2 is 0.307 bits per heavy atom. The first kappa shape index (κ1) is 98.6. The molecule has 36 heteroatoms. The molecule has 0 heterocycles. The van der Waals surface area contributed by atoms with Crippen molar-refractivity contribution < 1.29 is 141 Å². The molecule has 0 radical (unpaired) electrons. The van der Waals surface area contributed by atoms with Gasteiger partial charge >= 0.3 is 0 Å². The van der Waals surface area contributed by atoms with Crippen LogP contribution < -0.4 is 104 Å². The minimum Gasteiger partial charge on any atom is -0.508 e. The molecular weight excluding hydrogens is 1660 g/mol. The summed E-state index contributed by atoms with van der Waals surface area (Å²) in [7, 11) is 21.4. The number of hydrogen-bond acceptors (Lipinski definition) is 31. The van der Waals surface area contributed by atoms with Gasteiger partial charge in [-0.2, -0.15) is 0 Å². The smallest absolute Gasteiger partial charge is 0.259 e. The van der Waals surface area contributed by atoms with Gasteiger partial charge in [0, 0.05) is 198 Å². The lowest BCUT2D eigenvalue weighted by molar-refractivity contribution is 0.101. The van der Waals surface area contributed by atoms with Crippen molar-refractivity contribution in [1.29, 1.82) is 0 Å². The van der Waals surface area contributed by atoms with Crippen LogP contribution in [0.4, 0.5) is 39.8 Å². The van der Waals surface area contributed by atoms with E-state index in [1.807, 2.05) is 0 Å². The fraction of sp³-hybridized carbons (Fsp3) is 0.154. The maximum Gasteiger partial charge on any atom is 0.259 e. The number of nitrogens with two attached hydrogens (primary N) is 2. The van der Waals surface area contributed by atoms with Gasteiger partial charge in [0.15, 0.2) is 0 Å². The van der Waals surface area contributed by atoms with Crippen molar-refractivity contribution >= 4 is 69.3 Å². The van der Waals surface area contributed by atoms with Crippen LogP contribution in [-0.2, 0) is 0 Å². The molecule has 0 bridgehead atoms. The molecule has 0 aliphatic rings.